The minimum Gasteiger partial charge on any atom is -0.494 e. The third kappa shape index (κ3) is 3.16. The van der Waals surface area contributed by atoms with E-state index in [4.69, 9.17) is 4.74 Å². The molecule has 1 atom stereocenters. The van der Waals surface area contributed by atoms with Crippen molar-refractivity contribution in [2.75, 3.05) is 19.0 Å². The second-order valence-electron chi connectivity index (χ2n) is 5.77. The quantitative estimate of drug-likeness (QED) is 0.745. The number of nitrogens with zero attached hydrogens (tertiary/aromatic N) is 1. The van der Waals surface area contributed by atoms with Crippen LogP contribution in [0.15, 0.2) is 41.8 Å². The molecule has 0 aliphatic rings. The molecule has 0 amide bonds. The summed E-state index contributed by atoms with van der Waals surface area (Å²) in [4.78, 5) is 5.52. The number of methoxy groups -OCH3 is 1. The van der Waals surface area contributed by atoms with Crippen LogP contribution in [-0.2, 0) is 5.60 Å². The molecule has 5 heteroatoms. The Morgan fingerprint density at radius 3 is 2.83 bits per heavy atom. The van der Waals surface area contributed by atoms with Gasteiger partial charge in [0.25, 0.3) is 0 Å². The monoisotopic (exact) mass is 328 g/mol. The van der Waals surface area contributed by atoms with Gasteiger partial charge in [-0.05, 0) is 37.4 Å². The summed E-state index contributed by atoms with van der Waals surface area (Å²) in [5.41, 5.74) is 1.76. The van der Waals surface area contributed by atoms with Crippen LogP contribution < -0.4 is 10.1 Å². The van der Waals surface area contributed by atoms with E-state index in [0.717, 1.165) is 32.9 Å². The van der Waals surface area contributed by atoms with Crippen molar-refractivity contribution in [1.82, 2.24) is 4.98 Å². The summed E-state index contributed by atoms with van der Waals surface area (Å²) in [6.07, 6.45) is 0. The van der Waals surface area contributed by atoms with Gasteiger partial charge in [0, 0.05) is 28.2 Å². The number of benzene rings is 1. The number of hydrogen-bond donors (Lipinski definition) is 2. The van der Waals surface area contributed by atoms with Gasteiger partial charge in [0.1, 0.15) is 16.9 Å². The van der Waals surface area contributed by atoms with Crippen molar-refractivity contribution in [2.45, 2.75) is 19.4 Å². The lowest BCUT2D eigenvalue weighted by Gasteiger charge is -2.23. The highest BCUT2D eigenvalue weighted by atomic mass is 32.1. The van der Waals surface area contributed by atoms with E-state index in [-0.39, 0.29) is 0 Å². The average molecular weight is 328 g/mol. The summed E-state index contributed by atoms with van der Waals surface area (Å²) < 4.78 is 5.40. The molecule has 3 rings (SSSR count). The Morgan fingerprint density at radius 2 is 2.13 bits per heavy atom. The molecule has 2 N–H and O–H groups in total. The first kappa shape index (κ1) is 15.8. The number of aliphatic hydroxyl groups is 1. The molecule has 0 spiro atoms. The Kier molecular flexibility index (Phi) is 4.24. The number of aryl methyl sites for hydroxylation is 1. The Morgan fingerprint density at radius 1 is 1.30 bits per heavy atom. The zero-order valence-electron chi connectivity index (χ0n) is 13.5. The second kappa shape index (κ2) is 6.18. The molecule has 0 saturated carbocycles. The predicted octanol–water partition coefficient (Wildman–Crippen LogP) is 3.93. The number of para-hydroxylation sites is 1. The largest absolute Gasteiger partial charge is 0.494 e. The van der Waals surface area contributed by atoms with Gasteiger partial charge in [-0.3, -0.25) is 0 Å². The maximum absolute atomic E-state index is 10.7. The van der Waals surface area contributed by atoms with Gasteiger partial charge < -0.3 is 15.2 Å². The van der Waals surface area contributed by atoms with Crippen LogP contribution in [0, 0.1) is 6.92 Å². The number of aromatic nitrogens is 1. The van der Waals surface area contributed by atoms with Crippen LogP contribution in [0.4, 0.5) is 5.69 Å². The Balaban J connectivity index is 1.94. The minimum absolute atomic E-state index is 0.420. The highest BCUT2D eigenvalue weighted by Gasteiger charge is 2.24. The van der Waals surface area contributed by atoms with E-state index in [0.29, 0.717) is 6.54 Å². The molecule has 2 aromatic heterocycles. The van der Waals surface area contributed by atoms with Crippen molar-refractivity contribution in [3.05, 3.63) is 52.3 Å². The third-order valence-corrected chi connectivity index (χ3v) is 4.95. The Hall–Kier alpha value is -2.11. The fraction of sp³-hybridized carbons (Fsp3) is 0.278. The molecule has 0 fully saturated rings. The van der Waals surface area contributed by atoms with E-state index in [1.165, 1.54) is 0 Å². The maximum atomic E-state index is 10.7. The first-order valence-electron chi connectivity index (χ1n) is 7.46. The molecule has 4 nitrogen and oxygen atoms in total. The molecule has 3 aromatic rings. The zero-order valence-corrected chi connectivity index (χ0v) is 14.3. The van der Waals surface area contributed by atoms with E-state index in [2.05, 4.69) is 10.3 Å². The van der Waals surface area contributed by atoms with E-state index in [1.807, 2.05) is 55.6 Å². The average Bonchev–Trinajstić information content (AvgIpc) is 3.07. The lowest BCUT2D eigenvalue weighted by molar-refractivity contribution is 0.0755. The SMILES string of the molecule is COc1cccc2c(NCC(C)(O)c3cccs3)cc(C)nc12. The molecule has 0 aliphatic carbocycles. The molecule has 0 radical (unpaired) electrons. The van der Waals surface area contributed by atoms with Gasteiger partial charge >= 0.3 is 0 Å². The Bertz CT molecular complexity index is 813. The summed E-state index contributed by atoms with van der Waals surface area (Å²) in [5.74, 6) is 0.749. The molecule has 0 bridgehead atoms. The van der Waals surface area contributed by atoms with Crippen molar-refractivity contribution in [2.24, 2.45) is 0 Å². The number of hydrogen-bond acceptors (Lipinski definition) is 5. The lowest BCUT2D eigenvalue weighted by Crippen LogP contribution is -2.29. The number of pyridine rings is 1. The Labute approximate surface area is 139 Å². The molecule has 0 saturated heterocycles. The molecule has 1 aromatic carbocycles. The smallest absolute Gasteiger partial charge is 0.145 e. The van der Waals surface area contributed by atoms with E-state index < -0.39 is 5.60 Å². The topological polar surface area (TPSA) is 54.4 Å². The fourth-order valence-electron chi connectivity index (χ4n) is 2.60. The molecule has 23 heavy (non-hydrogen) atoms. The highest BCUT2D eigenvalue weighted by molar-refractivity contribution is 7.10. The first-order chi connectivity index (χ1) is 11.0. The maximum Gasteiger partial charge on any atom is 0.145 e. The molecule has 2 heterocycles. The summed E-state index contributed by atoms with van der Waals surface area (Å²) in [7, 11) is 1.65. The summed E-state index contributed by atoms with van der Waals surface area (Å²) >= 11 is 1.56. The third-order valence-electron chi connectivity index (χ3n) is 3.83. The molecular formula is C18H20N2O2S. The van der Waals surface area contributed by atoms with E-state index in [9.17, 15) is 5.11 Å². The van der Waals surface area contributed by atoms with Crippen LogP contribution in [0.25, 0.3) is 10.9 Å². The van der Waals surface area contributed by atoms with Gasteiger partial charge in [-0.1, -0.05) is 18.2 Å². The van der Waals surface area contributed by atoms with Crippen LogP contribution in [0.2, 0.25) is 0 Å². The van der Waals surface area contributed by atoms with Crippen LogP contribution in [0.1, 0.15) is 17.5 Å². The number of nitrogens with one attached hydrogen (secondary N) is 1. The van der Waals surface area contributed by atoms with E-state index in [1.54, 1.807) is 18.4 Å². The number of fused-ring (bicyclic) bond motifs is 1. The number of ether oxygens (including phenoxy) is 1. The van der Waals surface area contributed by atoms with Crippen molar-refractivity contribution >= 4 is 27.9 Å². The van der Waals surface area contributed by atoms with Crippen molar-refractivity contribution in [3.8, 4) is 5.75 Å². The first-order valence-corrected chi connectivity index (χ1v) is 8.34. The van der Waals surface area contributed by atoms with E-state index >= 15 is 0 Å². The van der Waals surface area contributed by atoms with Gasteiger partial charge in [0.05, 0.1) is 7.11 Å². The van der Waals surface area contributed by atoms with Crippen LogP contribution in [-0.4, -0.2) is 23.7 Å². The van der Waals surface area contributed by atoms with Crippen LogP contribution >= 0.6 is 11.3 Å². The molecule has 120 valence electrons. The standard InChI is InChI=1S/C18H20N2O2S/c1-12-10-14(13-6-4-7-15(22-3)17(13)20-12)19-11-18(2,21)16-8-5-9-23-16/h4-10,21H,11H2,1-3H3,(H,19,20). The summed E-state index contributed by atoms with van der Waals surface area (Å²) in [5, 5.41) is 17.0. The van der Waals surface area contributed by atoms with Crippen LogP contribution in [0.5, 0.6) is 5.75 Å². The summed E-state index contributed by atoms with van der Waals surface area (Å²) in [6, 6.07) is 11.7. The number of anilines is 1. The number of rotatable bonds is 5. The van der Waals surface area contributed by atoms with Crippen LogP contribution in [0.3, 0.4) is 0 Å². The summed E-state index contributed by atoms with van der Waals surface area (Å²) in [6.45, 7) is 4.19. The van der Waals surface area contributed by atoms with Crippen molar-refractivity contribution in [1.29, 1.82) is 0 Å². The highest BCUT2D eigenvalue weighted by Crippen LogP contribution is 2.31. The van der Waals surface area contributed by atoms with Gasteiger partial charge in [-0.15, -0.1) is 11.3 Å². The molecule has 0 aliphatic heterocycles. The minimum atomic E-state index is -0.920. The zero-order chi connectivity index (χ0) is 16.4. The van der Waals surface area contributed by atoms with Gasteiger partial charge in [-0.2, -0.15) is 0 Å². The van der Waals surface area contributed by atoms with Crippen molar-refractivity contribution in [3.63, 3.8) is 0 Å². The molecule has 1 unspecified atom stereocenters. The normalized spacial score (nSPS) is 13.7. The lowest BCUT2D eigenvalue weighted by atomic mass is 10.0. The predicted molar refractivity (Wildman–Crippen MR) is 95.4 cm³/mol. The second-order valence-corrected chi connectivity index (χ2v) is 6.72. The van der Waals surface area contributed by atoms with Gasteiger partial charge in [0.15, 0.2) is 0 Å². The fourth-order valence-corrected chi connectivity index (χ4v) is 3.39. The van der Waals surface area contributed by atoms with Crippen molar-refractivity contribution < 1.29 is 9.84 Å². The van der Waals surface area contributed by atoms with Gasteiger partial charge in [0.2, 0.25) is 0 Å². The molecular weight excluding hydrogens is 308 g/mol. The number of thiophene rings is 1. The van der Waals surface area contributed by atoms with Gasteiger partial charge in [-0.25, -0.2) is 4.98 Å².